The average molecular weight is 438 g/mol. The first kappa shape index (κ1) is 21.2. The van der Waals surface area contributed by atoms with Gasteiger partial charge in [0.15, 0.2) is 16.6 Å². The third kappa shape index (κ3) is 4.99. The number of hydrogen-bond donors (Lipinski definition) is 1. The van der Waals surface area contributed by atoms with Crippen LogP contribution in [-0.4, -0.2) is 43.1 Å². The van der Waals surface area contributed by atoms with Gasteiger partial charge in [-0.15, -0.1) is 0 Å². The number of thiazole rings is 1. The Morgan fingerprint density at radius 2 is 1.87 bits per heavy atom. The van der Waals surface area contributed by atoms with E-state index in [0.717, 1.165) is 29.0 Å². The van der Waals surface area contributed by atoms with E-state index >= 15 is 0 Å². The molecule has 2 N–H and O–H groups in total. The van der Waals surface area contributed by atoms with Crippen molar-refractivity contribution >= 4 is 22.4 Å². The van der Waals surface area contributed by atoms with Gasteiger partial charge in [0.05, 0.1) is 19.1 Å². The molecule has 4 rings (SSSR count). The molecule has 31 heavy (non-hydrogen) atoms. The highest BCUT2D eigenvalue weighted by Gasteiger charge is 2.30. The largest absolute Gasteiger partial charge is 0.493 e. The van der Waals surface area contributed by atoms with Gasteiger partial charge in [0.25, 0.3) is 5.91 Å². The van der Waals surface area contributed by atoms with Crippen LogP contribution in [0.4, 0.5) is 5.13 Å². The molecular weight excluding hydrogens is 410 g/mol. The second kappa shape index (κ2) is 9.39. The summed E-state index contributed by atoms with van der Waals surface area (Å²) in [4.78, 5) is 20.7. The number of anilines is 1. The van der Waals surface area contributed by atoms with Crippen molar-refractivity contribution in [2.75, 3.05) is 33.0 Å². The van der Waals surface area contributed by atoms with E-state index < -0.39 is 0 Å². The normalized spacial score (nSPS) is 13.1. The molecule has 0 saturated heterocycles. The predicted molar refractivity (Wildman–Crippen MR) is 124 cm³/mol. The van der Waals surface area contributed by atoms with Crippen molar-refractivity contribution < 1.29 is 14.3 Å². The molecule has 0 aliphatic heterocycles. The van der Waals surface area contributed by atoms with Crippen LogP contribution < -0.4 is 15.2 Å². The zero-order chi connectivity index (χ0) is 21.8. The van der Waals surface area contributed by atoms with E-state index in [0.29, 0.717) is 34.8 Å². The lowest BCUT2D eigenvalue weighted by Crippen LogP contribution is -2.35. The Balaban J connectivity index is 1.56. The highest BCUT2D eigenvalue weighted by molar-refractivity contribution is 7.19. The molecule has 2 aromatic carbocycles. The van der Waals surface area contributed by atoms with Gasteiger partial charge in [0, 0.05) is 13.1 Å². The van der Waals surface area contributed by atoms with Crippen LogP contribution >= 0.6 is 11.3 Å². The Labute approximate surface area is 186 Å². The Hall–Kier alpha value is -3.06. The summed E-state index contributed by atoms with van der Waals surface area (Å²) in [6.07, 6.45) is 3.06. The zero-order valence-electron chi connectivity index (χ0n) is 17.8. The van der Waals surface area contributed by atoms with Crippen LogP contribution in [0, 0.1) is 5.92 Å². The monoisotopic (exact) mass is 437 g/mol. The first-order chi connectivity index (χ1) is 15.1. The highest BCUT2D eigenvalue weighted by Crippen LogP contribution is 2.35. The van der Waals surface area contributed by atoms with Gasteiger partial charge in [-0.3, -0.25) is 4.79 Å². The number of nitrogen functional groups attached to an aromatic ring is 1. The van der Waals surface area contributed by atoms with Crippen molar-refractivity contribution in [3.05, 3.63) is 59.8 Å². The number of carbonyl (C=O) groups excluding carboxylic acids is 1. The Morgan fingerprint density at radius 1 is 1.13 bits per heavy atom. The number of methoxy groups -OCH3 is 2. The van der Waals surface area contributed by atoms with Crippen LogP contribution in [0.5, 0.6) is 11.5 Å². The maximum absolute atomic E-state index is 13.5. The standard InChI is InChI=1S/C24H27N3O3S/c1-29-19-11-10-16(14-20(19)30-2)12-13-27(15-17-8-9-17)23(28)21-22(31-24(25)26-21)18-6-4-3-5-7-18/h3-7,10-11,14,17H,8-9,12-13,15H2,1-2H3,(H2,25,26). The molecule has 0 atom stereocenters. The SMILES string of the molecule is COc1ccc(CCN(CC2CC2)C(=O)c2nc(N)sc2-c2ccccc2)cc1OC. The van der Waals surface area contributed by atoms with Crippen LogP contribution in [0.25, 0.3) is 10.4 Å². The van der Waals surface area contributed by atoms with Gasteiger partial charge in [0.2, 0.25) is 0 Å². The van der Waals surface area contributed by atoms with E-state index in [-0.39, 0.29) is 5.91 Å². The molecular formula is C24H27N3O3S. The molecule has 3 aromatic rings. The van der Waals surface area contributed by atoms with E-state index in [4.69, 9.17) is 15.2 Å². The van der Waals surface area contributed by atoms with Gasteiger partial charge in [-0.05, 0) is 48.4 Å². The molecule has 1 saturated carbocycles. The zero-order valence-corrected chi connectivity index (χ0v) is 18.7. The van der Waals surface area contributed by atoms with Crippen molar-refractivity contribution in [1.29, 1.82) is 0 Å². The summed E-state index contributed by atoms with van der Waals surface area (Å²) in [6.45, 7) is 1.36. The number of hydrogen-bond acceptors (Lipinski definition) is 6. The number of nitrogens with zero attached hydrogens (tertiary/aromatic N) is 2. The summed E-state index contributed by atoms with van der Waals surface area (Å²) in [5.41, 5.74) is 8.50. The lowest BCUT2D eigenvalue weighted by molar-refractivity contribution is 0.0745. The third-order valence-corrected chi connectivity index (χ3v) is 6.40. The Morgan fingerprint density at radius 3 is 2.55 bits per heavy atom. The maximum Gasteiger partial charge on any atom is 0.274 e. The van der Waals surface area contributed by atoms with E-state index in [2.05, 4.69) is 4.98 Å². The topological polar surface area (TPSA) is 77.7 Å². The summed E-state index contributed by atoms with van der Waals surface area (Å²) in [6, 6.07) is 15.7. The number of ether oxygens (including phenoxy) is 2. The quantitative estimate of drug-likeness (QED) is 0.533. The number of aromatic nitrogens is 1. The molecule has 1 fully saturated rings. The first-order valence-electron chi connectivity index (χ1n) is 10.4. The minimum atomic E-state index is -0.0563. The fourth-order valence-corrected chi connectivity index (χ4v) is 4.43. The van der Waals surface area contributed by atoms with E-state index in [1.165, 1.54) is 24.2 Å². The maximum atomic E-state index is 13.5. The molecule has 0 unspecified atom stereocenters. The summed E-state index contributed by atoms with van der Waals surface area (Å²) < 4.78 is 10.7. The van der Waals surface area contributed by atoms with Crippen LogP contribution in [0.2, 0.25) is 0 Å². The van der Waals surface area contributed by atoms with Gasteiger partial charge in [-0.25, -0.2) is 4.98 Å². The third-order valence-electron chi connectivity index (χ3n) is 5.46. The fraction of sp³-hybridized carbons (Fsp3) is 0.333. The molecule has 0 bridgehead atoms. The second-order valence-corrected chi connectivity index (χ2v) is 8.76. The molecule has 1 aromatic heterocycles. The molecule has 1 aliphatic rings. The average Bonchev–Trinajstić information content (AvgIpc) is 3.54. The van der Waals surface area contributed by atoms with Crippen LogP contribution in [-0.2, 0) is 6.42 Å². The van der Waals surface area contributed by atoms with Gasteiger partial charge in [-0.1, -0.05) is 47.7 Å². The lowest BCUT2D eigenvalue weighted by atomic mass is 10.1. The number of amides is 1. The van der Waals surface area contributed by atoms with Crippen molar-refractivity contribution in [1.82, 2.24) is 9.88 Å². The number of benzene rings is 2. The van der Waals surface area contributed by atoms with Gasteiger partial charge < -0.3 is 20.1 Å². The first-order valence-corrected chi connectivity index (χ1v) is 11.2. The van der Waals surface area contributed by atoms with E-state index in [1.807, 2.05) is 53.4 Å². The summed E-state index contributed by atoms with van der Waals surface area (Å²) in [5, 5.41) is 0.411. The van der Waals surface area contributed by atoms with Crippen molar-refractivity contribution in [3.8, 4) is 21.9 Å². The molecule has 162 valence electrons. The van der Waals surface area contributed by atoms with Gasteiger partial charge >= 0.3 is 0 Å². The fourth-order valence-electron chi connectivity index (χ4n) is 3.60. The smallest absolute Gasteiger partial charge is 0.274 e. The molecule has 1 amide bonds. The van der Waals surface area contributed by atoms with Gasteiger partial charge in [0.1, 0.15) is 5.69 Å². The lowest BCUT2D eigenvalue weighted by Gasteiger charge is -2.22. The van der Waals surface area contributed by atoms with E-state index in [1.54, 1.807) is 14.2 Å². The Bertz CT molecular complexity index is 1050. The molecule has 1 heterocycles. The van der Waals surface area contributed by atoms with Crippen molar-refractivity contribution in [3.63, 3.8) is 0 Å². The summed E-state index contributed by atoms with van der Waals surface area (Å²) >= 11 is 1.36. The molecule has 6 nitrogen and oxygen atoms in total. The van der Waals surface area contributed by atoms with Crippen molar-refractivity contribution in [2.24, 2.45) is 5.92 Å². The number of nitrogens with two attached hydrogens (primary N) is 1. The number of rotatable bonds is 9. The highest BCUT2D eigenvalue weighted by atomic mass is 32.1. The van der Waals surface area contributed by atoms with Gasteiger partial charge in [-0.2, -0.15) is 0 Å². The molecule has 1 aliphatic carbocycles. The van der Waals surface area contributed by atoms with Crippen LogP contribution in [0.3, 0.4) is 0 Å². The van der Waals surface area contributed by atoms with Crippen LogP contribution in [0.1, 0.15) is 28.9 Å². The van der Waals surface area contributed by atoms with E-state index in [9.17, 15) is 4.79 Å². The molecule has 7 heteroatoms. The minimum Gasteiger partial charge on any atom is -0.493 e. The van der Waals surface area contributed by atoms with Crippen molar-refractivity contribution in [2.45, 2.75) is 19.3 Å². The minimum absolute atomic E-state index is 0.0563. The predicted octanol–water partition coefficient (Wildman–Crippen LogP) is 4.50. The summed E-state index contributed by atoms with van der Waals surface area (Å²) in [5.74, 6) is 1.91. The number of carbonyl (C=O) groups is 1. The molecule has 0 radical (unpaired) electrons. The summed E-state index contributed by atoms with van der Waals surface area (Å²) in [7, 11) is 3.25. The van der Waals surface area contributed by atoms with Crippen LogP contribution in [0.15, 0.2) is 48.5 Å². The second-order valence-electron chi connectivity index (χ2n) is 7.73. The molecule has 0 spiro atoms. The Kier molecular flexibility index (Phi) is 6.42.